The maximum atomic E-state index is 13.0. The molecule has 4 nitrogen and oxygen atoms in total. The van der Waals surface area contributed by atoms with Gasteiger partial charge in [0.25, 0.3) is 0 Å². The summed E-state index contributed by atoms with van der Waals surface area (Å²) in [5, 5.41) is 3.69. The molecule has 1 amide bonds. The molecule has 114 valence electrons. The summed E-state index contributed by atoms with van der Waals surface area (Å²) < 4.78 is 5.51. The van der Waals surface area contributed by atoms with Crippen molar-refractivity contribution in [3.05, 3.63) is 47.5 Å². The van der Waals surface area contributed by atoms with Crippen LogP contribution in [0.1, 0.15) is 22.3 Å². The van der Waals surface area contributed by atoms with E-state index in [4.69, 9.17) is 11.6 Å². The van der Waals surface area contributed by atoms with E-state index in [1.807, 2.05) is 30.3 Å². The number of alkyl halides is 1. The molecule has 2 aromatic carbocycles. The third-order valence-electron chi connectivity index (χ3n) is 3.89. The summed E-state index contributed by atoms with van der Waals surface area (Å²) >= 11 is 6.98. The van der Waals surface area contributed by atoms with Gasteiger partial charge in [-0.1, -0.05) is 24.3 Å². The summed E-state index contributed by atoms with van der Waals surface area (Å²) in [5.74, 6) is -0.0480. The Labute approximate surface area is 141 Å². The SMILES string of the molecule is O=C(CCCl)Nc1cccc2c1C(=O)c1cccc3snc-2c13. The zero-order valence-corrected chi connectivity index (χ0v) is 13.5. The first kappa shape index (κ1) is 14.4. The minimum atomic E-state index is -0.205. The minimum Gasteiger partial charge on any atom is -0.325 e. The summed E-state index contributed by atoms with van der Waals surface area (Å²) in [7, 11) is 0. The molecular weight excluding hydrogens is 332 g/mol. The monoisotopic (exact) mass is 342 g/mol. The van der Waals surface area contributed by atoms with E-state index >= 15 is 0 Å². The number of carbonyl (C=O) groups excluding carboxylic acids is 2. The zero-order chi connectivity index (χ0) is 16.0. The van der Waals surface area contributed by atoms with Crippen molar-refractivity contribution in [2.75, 3.05) is 11.2 Å². The van der Waals surface area contributed by atoms with Crippen molar-refractivity contribution in [3.63, 3.8) is 0 Å². The molecule has 0 fully saturated rings. The van der Waals surface area contributed by atoms with E-state index in [2.05, 4.69) is 9.69 Å². The van der Waals surface area contributed by atoms with Crippen LogP contribution in [0.25, 0.3) is 21.3 Å². The molecule has 0 bridgehead atoms. The van der Waals surface area contributed by atoms with Crippen LogP contribution in [0.2, 0.25) is 0 Å². The summed E-state index contributed by atoms with van der Waals surface area (Å²) in [6.07, 6.45) is 0.205. The van der Waals surface area contributed by atoms with Crippen LogP contribution < -0.4 is 5.32 Å². The Morgan fingerprint density at radius 3 is 2.78 bits per heavy atom. The second-order valence-corrected chi connectivity index (χ2v) is 6.44. The lowest BCUT2D eigenvalue weighted by Gasteiger charge is -2.18. The number of carbonyl (C=O) groups is 2. The zero-order valence-electron chi connectivity index (χ0n) is 11.9. The number of halogens is 1. The first-order valence-electron chi connectivity index (χ1n) is 7.13. The number of hydrogen-bond acceptors (Lipinski definition) is 4. The van der Waals surface area contributed by atoms with Crippen molar-refractivity contribution < 1.29 is 9.59 Å². The van der Waals surface area contributed by atoms with Crippen LogP contribution in [-0.2, 0) is 4.79 Å². The van der Waals surface area contributed by atoms with Crippen molar-refractivity contribution >= 4 is 50.6 Å². The fraction of sp³-hybridized carbons (Fsp3) is 0.118. The second-order valence-electron chi connectivity index (χ2n) is 5.25. The van der Waals surface area contributed by atoms with Crippen molar-refractivity contribution in [2.45, 2.75) is 6.42 Å². The Bertz CT molecular complexity index is 964. The highest BCUT2D eigenvalue weighted by Crippen LogP contribution is 2.42. The first-order chi connectivity index (χ1) is 11.2. The van der Waals surface area contributed by atoms with E-state index in [1.165, 1.54) is 11.5 Å². The average Bonchev–Trinajstić information content (AvgIpc) is 2.98. The Kier molecular flexibility index (Phi) is 3.39. The molecule has 0 aliphatic heterocycles. The van der Waals surface area contributed by atoms with Crippen LogP contribution in [0, 0.1) is 0 Å². The Morgan fingerprint density at radius 1 is 1.17 bits per heavy atom. The van der Waals surface area contributed by atoms with E-state index in [0.717, 1.165) is 21.3 Å². The third-order valence-corrected chi connectivity index (χ3v) is 4.88. The molecule has 0 saturated heterocycles. The van der Waals surface area contributed by atoms with E-state index in [1.54, 1.807) is 6.07 Å². The van der Waals surface area contributed by atoms with Crippen molar-refractivity contribution in [2.24, 2.45) is 0 Å². The third kappa shape index (κ3) is 2.16. The quantitative estimate of drug-likeness (QED) is 0.571. The van der Waals surface area contributed by atoms with Gasteiger partial charge in [0.2, 0.25) is 5.91 Å². The molecule has 23 heavy (non-hydrogen) atoms. The van der Waals surface area contributed by atoms with Gasteiger partial charge in [-0.3, -0.25) is 9.59 Å². The molecule has 1 aromatic heterocycles. The lowest BCUT2D eigenvalue weighted by molar-refractivity contribution is -0.115. The van der Waals surface area contributed by atoms with Gasteiger partial charge in [0.05, 0.1) is 21.6 Å². The highest BCUT2D eigenvalue weighted by atomic mass is 35.5. The van der Waals surface area contributed by atoms with Crippen LogP contribution in [0.4, 0.5) is 5.69 Å². The molecule has 6 heteroatoms. The average molecular weight is 343 g/mol. The second kappa shape index (κ2) is 5.44. The predicted octanol–water partition coefficient (Wildman–Crippen LogP) is 4.08. The molecule has 1 aliphatic carbocycles. The van der Waals surface area contributed by atoms with Gasteiger partial charge in [-0.2, -0.15) is 4.37 Å². The summed E-state index contributed by atoms with van der Waals surface area (Å²) in [4.78, 5) is 24.8. The lowest BCUT2D eigenvalue weighted by atomic mass is 9.86. The van der Waals surface area contributed by atoms with Crippen LogP contribution >= 0.6 is 23.1 Å². The van der Waals surface area contributed by atoms with Gasteiger partial charge in [0.15, 0.2) is 5.78 Å². The molecule has 1 aliphatic rings. The van der Waals surface area contributed by atoms with Gasteiger partial charge in [-0.05, 0) is 23.7 Å². The molecule has 0 unspecified atom stereocenters. The number of ketones is 1. The van der Waals surface area contributed by atoms with Crippen molar-refractivity contribution in [1.29, 1.82) is 0 Å². The number of nitrogens with zero attached hydrogens (tertiary/aromatic N) is 1. The van der Waals surface area contributed by atoms with Gasteiger partial charge in [0.1, 0.15) is 0 Å². The van der Waals surface area contributed by atoms with Gasteiger partial charge in [0, 0.05) is 28.8 Å². The molecule has 1 heterocycles. The number of rotatable bonds is 3. The minimum absolute atomic E-state index is 0.0833. The van der Waals surface area contributed by atoms with Crippen molar-refractivity contribution in [3.8, 4) is 11.3 Å². The highest BCUT2D eigenvalue weighted by Gasteiger charge is 2.29. The van der Waals surface area contributed by atoms with Crippen molar-refractivity contribution in [1.82, 2.24) is 4.37 Å². The summed E-state index contributed by atoms with van der Waals surface area (Å²) in [6.45, 7) is 0. The largest absolute Gasteiger partial charge is 0.325 e. The summed E-state index contributed by atoms with van der Waals surface area (Å²) in [5.41, 5.74) is 3.23. The summed E-state index contributed by atoms with van der Waals surface area (Å²) in [6, 6.07) is 11.1. The van der Waals surface area contributed by atoms with E-state index in [-0.39, 0.29) is 24.0 Å². The lowest BCUT2D eigenvalue weighted by Crippen LogP contribution is -2.17. The Hall–Kier alpha value is -2.24. The fourth-order valence-electron chi connectivity index (χ4n) is 2.90. The Balaban J connectivity index is 1.93. The first-order valence-corrected chi connectivity index (χ1v) is 8.44. The van der Waals surface area contributed by atoms with Crippen LogP contribution in [-0.4, -0.2) is 21.9 Å². The smallest absolute Gasteiger partial charge is 0.225 e. The molecule has 0 radical (unpaired) electrons. The van der Waals surface area contributed by atoms with Gasteiger partial charge in [-0.25, -0.2) is 0 Å². The van der Waals surface area contributed by atoms with Gasteiger partial charge < -0.3 is 5.32 Å². The molecule has 0 atom stereocenters. The van der Waals surface area contributed by atoms with Crippen LogP contribution in [0.3, 0.4) is 0 Å². The van der Waals surface area contributed by atoms with Crippen LogP contribution in [0.15, 0.2) is 36.4 Å². The number of amides is 1. The molecular formula is C17H11ClN2O2S. The topological polar surface area (TPSA) is 59.1 Å². The van der Waals surface area contributed by atoms with Gasteiger partial charge in [-0.15, -0.1) is 11.6 Å². The number of benzene rings is 2. The van der Waals surface area contributed by atoms with E-state index in [0.29, 0.717) is 16.8 Å². The number of anilines is 1. The number of aromatic nitrogens is 1. The Morgan fingerprint density at radius 2 is 1.96 bits per heavy atom. The number of hydrogen-bond donors (Lipinski definition) is 1. The highest BCUT2D eigenvalue weighted by molar-refractivity contribution is 7.13. The fourth-order valence-corrected chi connectivity index (χ4v) is 3.88. The molecule has 1 N–H and O–H groups in total. The van der Waals surface area contributed by atoms with Gasteiger partial charge >= 0.3 is 0 Å². The molecule has 4 rings (SSSR count). The maximum absolute atomic E-state index is 13.0. The molecule has 3 aromatic rings. The normalized spacial score (nSPS) is 12.3. The predicted molar refractivity (Wildman–Crippen MR) is 92.5 cm³/mol. The van der Waals surface area contributed by atoms with E-state index < -0.39 is 0 Å². The maximum Gasteiger partial charge on any atom is 0.225 e. The van der Waals surface area contributed by atoms with E-state index in [9.17, 15) is 9.59 Å². The molecule has 0 saturated carbocycles. The van der Waals surface area contributed by atoms with Crippen LogP contribution in [0.5, 0.6) is 0 Å². The standard InChI is InChI=1S/C17H11ClN2O2S/c18-8-7-13(21)19-11-5-1-3-9-14(11)17(22)10-4-2-6-12-15(10)16(9)20-23-12/h1-6H,7-8H2,(H,19,21). The number of nitrogens with one attached hydrogen (secondary N) is 1. The molecule has 0 spiro atoms. The number of fused-ring (bicyclic) bond motifs is 2.